The van der Waals surface area contributed by atoms with Gasteiger partial charge in [-0.15, -0.1) is 11.6 Å². The molecule has 0 atom stereocenters. The number of amides is 1. The highest BCUT2D eigenvalue weighted by Gasteiger charge is 1.96. The number of hydrogen-bond donors (Lipinski definition) is 1. The van der Waals surface area contributed by atoms with Gasteiger partial charge >= 0.3 is 0 Å². The van der Waals surface area contributed by atoms with Crippen molar-refractivity contribution < 1.29 is 9.63 Å². The van der Waals surface area contributed by atoms with Crippen molar-refractivity contribution in [2.24, 2.45) is 0 Å². The third-order valence-corrected chi connectivity index (χ3v) is 0.841. The van der Waals surface area contributed by atoms with Crippen LogP contribution in [0.3, 0.4) is 0 Å². The van der Waals surface area contributed by atoms with Crippen LogP contribution in [-0.2, 0) is 9.63 Å². The molecule has 54 valence electrons. The first-order chi connectivity index (χ1) is 4.31. The summed E-state index contributed by atoms with van der Waals surface area (Å²) in [4.78, 5) is 15.1. The molecule has 4 heteroatoms. The summed E-state index contributed by atoms with van der Waals surface area (Å²) in [5.74, 6) is 0.158. The molecule has 0 unspecified atom stereocenters. The minimum Gasteiger partial charge on any atom is -0.274 e. The van der Waals surface area contributed by atoms with Crippen LogP contribution in [-0.4, -0.2) is 18.4 Å². The number of nitrogens with one attached hydrogen (secondary N) is 1. The summed E-state index contributed by atoms with van der Waals surface area (Å²) in [7, 11) is 0. The zero-order chi connectivity index (χ0) is 7.11. The minimum atomic E-state index is -0.174. The summed E-state index contributed by atoms with van der Waals surface area (Å²) in [6, 6.07) is 0. The van der Waals surface area contributed by atoms with E-state index in [9.17, 15) is 4.79 Å². The van der Waals surface area contributed by atoms with E-state index in [0.29, 0.717) is 18.9 Å². The van der Waals surface area contributed by atoms with E-state index in [-0.39, 0.29) is 5.91 Å². The Morgan fingerprint density at radius 3 is 2.89 bits per heavy atom. The Balaban J connectivity index is 3.06. The highest BCUT2D eigenvalue weighted by molar-refractivity contribution is 6.18. The Hall–Kier alpha value is -0.280. The molecule has 0 bridgehead atoms. The van der Waals surface area contributed by atoms with Gasteiger partial charge in [0.25, 0.3) is 0 Å². The number of hydroxylamine groups is 1. The fourth-order valence-electron chi connectivity index (χ4n) is 0.290. The molecule has 0 aliphatic carbocycles. The van der Waals surface area contributed by atoms with Gasteiger partial charge < -0.3 is 0 Å². The van der Waals surface area contributed by atoms with Crippen LogP contribution in [0.4, 0.5) is 0 Å². The molecule has 1 N–H and O–H groups in total. The number of carbonyl (C=O) groups excluding carboxylic acids is 1. The normalized spacial score (nSPS) is 9.11. The molecule has 9 heavy (non-hydrogen) atoms. The summed E-state index contributed by atoms with van der Waals surface area (Å²) in [6.45, 7) is 2.27. The van der Waals surface area contributed by atoms with Crippen LogP contribution in [0.15, 0.2) is 0 Å². The van der Waals surface area contributed by atoms with Crippen LogP contribution >= 0.6 is 11.6 Å². The van der Waals surface area contributed by atoms with Gasteiger partial charge in [0.1, 0.15) is 0 Å². The van der Waals surface area contributed by atoms with Gasteiger partial charge in [-0.2, -0.15) is 0 Å². The van der Waals surface area contributed by atoms with Crippen LogP contribution in [0.1, 0.15) is 13.3 Å². The molecule has 0 saturated carbocycles. The van der Waals surface area contributed by atoms with Crippen molar-refractivity contribution in [3.8, 4) is 0 Å². The third kappa shape index (κ3) is 5.59. The minimum absolute atomic E-state index is 0.174. The highest BCUT2D eigenvalue weighted by Crippen LogP contribution is 1.82. The highest BCUT2D eigenvalue weighted by atomic mass is 35.5. The average molecular weight is 152 g/mol. The van der Waals surface area contributed by atoms with E-state index >= 15 is 0 Å². The molecule has 0 aromatic rings. The van der Waals surface area contributed by atoms with Gasteiger partial charge in [-0.05, 0) is 6.92 Å². The lowest BCUT2D eigenvalue weighted by Crippen LogP contribution is -2.23. The zero-order valence-electron chi connectivity index (χ0n) is 5.32. The van der Waals surface area contributed by atoms with E-state index in [4.69, 9.17) is 11.6 Å². The molecule has 0 saturated heterocycles. The van der Waals surface area contributed by atoms with Crippen LogP contribution in [0.2, 0.25) is 0 Å². The van der Waals surface area contributed by atoms with Crippen LogP contribution in [0.25, 0.3) is 0 Å². The lowest BCUT2D eigenvalue weighted by molar-refractivity contribution is -0.132. The Bertz CT molecular complexity index is 87.0. The van der Waals surface area contributed by atoms with Gasteiger partial charge in [0.15, 0.2) is 0 Å². The quantitative estimate of drug-likeness (QED) is 0.474. The molecule has 0 heterocycles. The number of halogens is 1. The predicted octanol–water partition coefficient (Wildman–Crippen LogP) is 0.683. The van der Waals surface area contributed by atoms with E-state index in [0.717, 1.165) is 0 Å². The van der Waals surface area contributed by atoms with Gasteiger partial charge in [-0.1, -0.05) is 0 Å². The van der Waals surface area contributed by atoms with E-state index in [1.807, 2.05) is 0 Å². The average Bonchev–Trinajstić information content (AvgIpc) is 1.85. The van der Waals surface area contributed by atoms with Gasteiger partial charge in [0, 0.05) is 12.3 Å². The maximum atomic E-state index is 10.5. The van der Waals surface area contributed by atoms with Crippen LogP contribution in [0, 0.1) is 0 Å². The molecule has 0 aliphatic heterocycles. The fraction of sp³-hybridized carbons (Fsp3) is 0.800. The van der Waals surface area contributed by atoms with E-state index in [1.54, 1.807) is 6.92 Å². The standard InChI is InChI=1S/C5H10ClNO2/c1-2-9-7-5(8)3-4-6/h2-4H2,1H3,(H,7,8). The van der Waals surface area contributed by atoms with Gasteiger partial charge in [-0.3, -0.25) is 9.63 Å². The molecular formula is C5H10ClNO2. The summed E-state index contributed by atoms with van der Waals surface area (Å²) < 4.78 is 0. The molecule has 3 nitrogen and oxygen atoms in total. The molecule has 0 spiro atoms. The number of alkyl halides is 1. The lowest BCUT2D eigenvalue weighted by Gasteiger charge is -1.99. The van der Waals surface area contributed by atoms with Crippen LogP contribution < -0.4 is 5.48 Å². The molecule has 0 aliphatic rings. The van der Waals surface area contributed by atoms with Crippen molar-refractivity contribution in [2.75, 3.05) is 12.5 Å². The lowest BCUT2D eigenvalue weighted by atomic mass is 10.5. The molecule has 0 aromatic carbocycles. The van der Waals surface area contributed by atoms with Crippen molar-refractivity contribution in [1.29, 1.82) is 0 Å². The fourth-order valence-corrected chi connectivity index (χ4v) is 0.461. The third-order valence-electron chi connectivity index (χ3n) is 0.652. The van der Waals surface area contributed by atoms with Crippen molar-refractivity contribution in [3.63, 3.8) is 0 Å². The molecule has 0 fully saturated rings. The smallest absolute Gasteiger partial charge is 0.244 e. The number of rotatable bonds is 4. The predicted molar refractivity (Wildman–Crippen MR) is 35.1 cm³/mol. The monoisotopic (exact) mass is 151 g/mol. The second-order valence-electron chi connectivity index (χ2n) is 1.40. The van der Waals surface area contributed by atoms with Gasteiger partial charge in [0.05, 0.1) is 6.61 Å². The Morgan fingerprint density at radius 1 is 1.78 bits per heavy atom. The first-order valence-electron chi connectivity index (χ1n) is 2.77. The van der Waals surface area contributed by atoms with E-state index in [1.165, 1.54) is 0 Å². The Labute approximate surface area is 59.3 Å². The van der Waals surface area contributed by atoms with Crippen molar-refractivity contribution >= 4 is 17.5 Å². The van der Waals surface area contributed by atoms with Crippen LogP contribution in [0.5, 0.6) is 0 Å². The van der Waals surface area contributed by atoms with Crippen molar-refractivity contribution in [1.82, 2.24) is 5.48 Å². The number of hydrogen-bond acceptors (Lipinski definition) is 2. The molecule has 0 radical (unpaired) electrons. The topological polar surface area (TPSA) is 38.3 Å². The van der Waals surface area contributed by atoms with Crippen molar-refractivity contribution in [2.45, 2.75) is 13.3 Å². The summed E-state index contributed by atoms with van der Waals surface area (Å²) >= 11 is 5.26. The Morgan fingerprint density at radius 2 is 2.44 bits per heavy atom. The summed E-state index contributed by atoms with van der Waals surface area (Å²) in [5, 5.41) is 0. The first-order valence-corrected chi connectivity index (χ1v) is 3.31. The molecule has 0 rings (SSSR count). The second kappa shape index (κ2) is 5.85. The van der Waals surface area contributed by atoms with Gasteiger partial charge in [-0.25, -0.2) is 5.48 Å². The maximum Gasteiger partial charge on any atom is 0.244 e. The van der Waals surface area contributed by atoms with E-state index < -0.39 is 0 Å². The largest absolute Gasteiger partial charge is 0.274 e. The van der Waals surface area contributed by atoms with Crippen molar-refractivity contribution in [3.05, 3.63) is 0 Å². The maximum absolute atomic E-state index is 10.5. The second-order valence-corrected chi connectivity index (χ2v) is 1.78. The Kier molecular flexibility index (Phi) is 5.67. The summed E-state index contributed by atoms with van der Waals surface area (Å²) in [6.07, 6.45) is 0.307. The summed E-state index contributed by atoms with van der Waals surface area (Å²) in [5.41, 5.74) is 2.21. The first kappa shape index (κ1) is 8.72. The van der Waals surface area contributed by atoms with Gasteiger partial charge in [0.2, 0.25) is 5.91 Å². The molecule has 1 amide bonds. The SMILES string of the molecule is CCONC(=O)CCCl. The molecule has 0 aromatic heterocycles. The van der Waals surface area contributed by atoms with E-state index in [2.05, 4.69) is 10.3 Å². The number of carbonyl (C=O) groups is 1. The zero-order valence-corrected chi connectivity index (χ0v) is 6.07. The molecular weight excluding hydrogens is 142 g/mol.